The number of benzene rings is 1. The van der Waals surface area contributed by atoms with Crippen LogP contribution in [0.2, 0.25) is 10.0 Å². The van der Waals surface area contributed by atoms with E-state index in [9.17, 15) is 0 Å². The smallest absolute Gasteiger partial charge is 0.147 e. The molecule has 0 saturated carbocycles. The first-order chi connectivity index (χ1) is 8.69. The van der Waals surface area contributed by atoms with Gasteiger partial charge in [-0.15, -0.1) is 0 Å². The summed E-state index contributed by atoms with van der Waals surface area (Å²) in [5, 5.41) is 1.13. The van der Waals surface area contributed by atoms with E-state index in [2.05, 4.69) is 4.98 Å². The van der Waals surface area contributed by atoms with Crippen molar-refractivity contribution in [2.75, 3.05) is 6.54 Å². The van der Waals surface area contributed by atoms with Crippen LogP contribution in [0.25, 0.3) is 0 Å². The molecule has 3 nitrogen and oxygen atoms in total. The maximum Gasteiger partial charge on any atom is 0.147 e. The van der Waals surface area contributed by atoms with Crippen molar-refractivity contribution in [3.63, 3.8) is 0 Å². The molecule has 0 aliphatic rings. The molecule has 0 atom stereocenters. The number of nitrogens with zero attached hydrogens (tertiary/aromatic N) is 1. The highest BCUT2D eigenvalue weighted by atomic mass is 35.5. The minimum atomic E-state index is 0.523. The molecular weight excluding hydrogens is 271 g/mol. The molecule has 2 N–H and O–H groups in total. The maximum atomic E-state index is 5.96. The number of hydrogen-bond donors (Lipinski definition) is 1. The van der Waals surface area contributed by atoms with Crippen molar-refractivity contribution < 1.29 is 4.74 Å². The second-order valence-corrected chi connectivity index (χ2v) is 4.60. The highest BCUT2D eigenvalue weighted by molar-refractivity contribution is 6.31. The third kappa shape index (κ3) is 3.35. The van der Waals surface area contributed by atoms with Crippen molar-refractivity contribution in [3.8, 4) is 11.5 Å². The van der Waals surface area contributed by atoms with Crippen LogP contribution in [0.3, 0.4) is 0 Å². The summed E-state index contributed by atoms with van der Waals surface area (Å²) < 4.78 is 5.74. The first kappa shape index (κ1) is 13.1. The van der Waals surface area contributed by atoms with E-state index in [-0.39, 0.29) is 0 Å². The van der Waals surface area contributed by atoms with E-state index in [1.807, 2.05) is 12.1 Å². The van der Waals surface area contributed by atoms with Gasteiger partial charge in [0, 0.05) is 17.3 Å². The van der Waals surface area contributed by atoms with E-state index in [1.54, 1.807) is 24.5 Å². The van der Waals surface area contributed by atoms with Crippen LogP contribution in [0.15, 0.2) is 36.7 Å². The molecule has 0 aliphatic carbocycles. The Bertz CT molecular complexity index is 546. The average Bonchev–Trinajstić information content (AvgIpc) is 2.33. The highest BCUT2D eigenvalue weighted by Gasteiger charge is 2.06. The Morgan fingerprint density at radius 2 is 1.94 bits per heavy atom. The maximum absolute atomic E-state index is 5.96. The fourth-order valence-corrected chi connectivity index (χ4v) is 1.89. The van der Waals surface area contributed by atoms with Crippen LogP contribution in [-0.4, -0.2) is 11.5 Å². The number of aromatic nitrogens is 1. The van der Waals surface area contributed by atoms with Crippen LogP contribution in [-0.2, 0) is 6.42 Å². The van der Waals surface area contributed by atoms with E-state index in [1.165, 1.54) is 0 Å². The lowest BCUT2D eigenvalue weighted by molar-refractivity contribution is 0.474. The van der Waals surface area contributed by atoms with Gasteiger partial charge in [-0.1, -0.05) is 29.3 Å². The van der Waals surface area contributed by atoms with Gasteiger partial charge in [0.1, 0.15) is 11.5 Å². The molecular formula is C13H12Cl2N2O. The van der Waals surface area contributed by atoms with Gasteiger partial charge in [-0.3, -0.25) is 4.98 Å². The van der Waals surface area contributed by atoms with Gasteiger partial charge in [0.2, 0.25) is 0 Å². The zero-order valence-corrected chi connectivity index (χ0v) is 11.1. The van der Waals surface area contributed by atoms with Gasteiger partial charge in [0.25, 0.3) is 0 Å². The number of pyridine rings is 1. The molecule has 0 bridgehead atoms. The van der Waals surface area contributed by atoms with E-state index in [0.717, 1.165) is 12.0 Å². The second kappa shape index (κ2) is 6.05. The summed E-state index contributed by atoms with van der Waals surface area (Å²) in [6.45, 7) is 0.547. The van der Waals surface area contributed by atoms with Gasteiger partial charge in [0.05, 0.1) is 11.2 Å². The Balaban J connectivity index is 2.29. The molecule has 18 heavy (non-hydrogen) atoms. The van der Waals surface area contributed by atoms with Crippen LogP contribution in [0.5, 0.6) is 11.5 Å². The van der Waals surface area contributed by atoms with Crippen molar-refractivity contribution in [1.29, 1.82) is 0 Å². The van der Waals surface area contributed by atoms with Crippen LogP contribution in [0.4, 0.5) is 0 Å². The topological polar surface area (TPSA) is 48.1 Å². The molecule has 0 saturated heterocycles. The lowest BCUT2D eigenvalue weighted by Crippen LogP contribution is -2.04. The number of rotatable bonds is 4. The van der Waals surface area contributed by atoms with Crippen molar-refractivity contribution >= 4 is 23.2 Å². The fraction of sp³-hybridized carbons (Fsp3) is 0.154. The van der Waals surface area contributed by atoms with E-state index in [4.69, 9.17) is 33.7 Å². The summed E-state index contributed by atoms with van der Waals surface area (Å²) in [7, 11) is 0. The minimum absolute atomic E-state index is 0.523. The van der Waals surface area contributed by atoms with Gasteiger partial charge in [0.15, 0.2) is 0 Å². The molecule has 1 aromatic heterocycles. The van der Waals surface area contributed by atoms with Crippen LogP contribution >= 0.6 is 23.2 Å². The quantitative estimate of drug-likeness (QED) is 0.931. The van der Waals surface area contributed by atoms with Crippen LogP contribution in [0, 0.1) is 0 Å². The van der Waals surface area contributed by atoms with Gasteiger partial charge < -0.3 is 10.5 Å². The summed E-state index contributed by atoms with van der Waals surface area (Å²) in [6, 6.07) is 7.17. The van der Waals surface area contributed by atoms with E-state index in [0.29, 0.717) is 28.1 Å². The van der Waals surface area contributed by atoms with Gasteiger partial charge in [-0.05, 0) is 30.7 Å². The summed E-state index contributed by atoms with van der Waals surface area (Å²) in [6.07, 6.45) is 3.87. The summed E-state index contributed by atoms with van der Waals surface area (Å²) in [5.74, 6) is 1.25. The second-order valence-electron chi connectivity index (χ2n) is 3.73. The molecule has 1 aromatic carbocycles. The number of hydrogen-bond acceptors (Lipinski definition) is 3. The molecule has 0 fully saturated rings. The molecule has 0 radical (unpaired) electrons. The third-order valence-corrected chi connectivity index (χ3v) is 2.79. The first-order valence-electron chi connectivity index (χ1n) is 5.46. The fourth-order valence-electron chi connectivity index (χ4n) is 1.56. The van der Waals surface area contributed by atoms with Gasteiger partial charge in [-0.25, -0.2) is 0 Å². The van der Waals surface area contributed by atoms with Crippen molar-refractivity contribution in [2.45, 2.75) is 6.42 Å². The van der Waals surface area contributed by atoms with Crippen LogP contribution in [0.1, 0.15) is 5.56 Å². The van der Waals surface area contributed by atoms with E-state index >= 15 is 0 Å². The highest BCUT2D eigenvalue weighted by Crippen LogP contribution is 2.29. The first-order valence-corrected chi connectivity index (χ1v) is 6.21. The third-order valence-electron chi connectivity index (χ3n) is 2.35. The Kier molecular flexibility index (Phi) is 4.42. The summed E-state index contributed by atoms with van der Waals surface area (Å²) >= 11 is 11.8. The standard InChI is InChI=1S/C13H12Cl2N2O/c14-10-2-1-9(3-4-16)13(6-10)18-12-5-11(15)7-17-8-12/h1-2,5-8H,3-4,16H2. The molecule has 0 aliphatic heterocycles. The molecule has 1 heterocycles. The lowest BCUT2D eigenvalue weighted by Gasteiger charge is -2.11. The Morgan fingerprint density at radius 1 is 1.11 bits per heavy atom. The summed E-state index contributed by atoms with van der Waals surface area (Å²) in [5.41, 5.74) is 6.56. The number of ether oxygens (including phenoxy) is 1. The molecule has 0 unspecified atom stereocenters. The zero-order valence-electron chi connectivity index (χ0n) is 9.57. The Labute approximate surface area is 115 Å². The average molecular weight is 283 g/mol. The number of nitrogens with two attached hydrogens (primary N) is 1. The van der Waals surface area contributed by atoms with Gasteiger partial charge >= 0.3 is 0 Å². The Morgan fingerprint density at radius 3 is 2.67 bits per heavy atom. The summed E-state index contributed by atoms with van der Waals surface area (Å²) in [4.78, 5) is 3.96. The SMILES string of the molecule is NCCc1ccc(Cl)cc1Oc1cncc(Cl)c1. The largest absolute Gasteiger partial charge is 0.455 e. The zero-order chi connectivity index (χ0) is 13.0. The minimum Gasteiger partial charge on any atom is -0.455 e. The predicted octanol–water partition coefficient (Wildman–Crippen LogP) is 3.68. The lowest BCUT2D eigenvalue weighted by atomic mass is 10.1. The van der Waals surface area contributed by atoms with Crippen molar-refractivity contribution in [2.24, 2.45) is 5.73 Å². The molecule has 0 amide bonds. The van der Waals surface area contributed by atoms with Gasteiger partial charge in [-0.2, -0.15) is 0 Å². The molecule has 0 spiro atoms. The molecule has 5 heteroatoms. The monoisotopic (exact) mass is 282 g/mol. The van der Waals surface area contributed by atoms with E-state index < -0.39 is 0 Å². The normalized spacial score (nSPS) is 10.4. The molecule has 2 aromatic rings. The number of halogens is 2. The predicted molar refractivity (Wildman–Crippen MR) is 73.5 cm³/mol. The molecule has 94 valence electrons. The molecule has 2 rings (SSSR count). The Hall–Kier alpha value is -1.29. The van der Waals surface area contributed by atoms with Crippen molar-refractivity contribution in [1.82, 2.24) is 4.98 Å². The van der Waals surface area contributed by atoms with Crippen molar-refractivity contribution in [3.05, 3.63) is 52.3 Å². The van der Waals surface area contributed by atoms with Crippen LogP contribution < -0.4 is 10.5 Å².